The van der Waals surface area contributed by atoms with E-state index >= 15 is 0 Å². The molecule has 0 bridgehead atoms. The first-order valence-electron chi connectivity index (χ1n) is 7.62. The van der Waals surface area contributed by atoms with Crippen LogP contribution in [-0.2, 0) is 6.54 Å². The Morgan fingerprint density at radius 1 is 1.12 bits per heavy atom. The summed E-state index contributed by atoms with van der Waals surface area (Å²) in [6, 6.07) is 14.8. The molecule has 0 aliphatic rings. The van der Waals surface area contributed by atoms with Gasteiger partial charge in [-0.15, -0.1) is 0 Å². The minimum Gasteiger partial charge on any atom is -0.376 e. The number of anilines is 2. The molecule has 0 radical (unpaired) electrons. The van der Waals surface area contributed by atoms with E-state index in [1.54, 1.807) is 19.1 Å². The Hall–Kier alpha value is -3.15. The van der Waals surface area contributed by atoms with Crippen molar-refractivity contribution < 1.29 is 9.32 Å². The van der Waals surface area contributed by atoms with E-state index in [1.165, 1.54) is 0 Å². The second-order valence-corrected chi connectivity index (χ2v) is 5.44. The van der Waals surface area contributed by atoms with Crippen LogP contribution in [0.15, 0.2) is 53.1 Å². The van der Waals surface area contributed by atoms with Gasteiger partial charge >= 0.3 is 0 Å². The number of nitrogens with zero attached hydrogens (tertiary/aromatic N) is 2. The maximum absolute atomic E-state index is 12.2. The van der Waals surface area contributed by atoms with Gasteiger partial charge in [-0.25, -0.2) is 0 Å². The maximum atomic E-state index is 12.2. The highest BCUT2D eigenvalue weighted by Crippen LogP contribution is 2.21. The summed E-state index contributed by atoms with van der Waals surface area (Å²) in [4.78, 5) is 16.4. The van der Waals surface area contributed by atoms with Crippen molar-refractivity contribution in [2.45, 2.75) is 20.4 Å². The summed E-state index contributed by atoms with van der Waals surface area (Å²) in [6.07, 6.45) is 0. The smallest absolute Gasteiger partial charge is 0.255 e. The van der Waals surface area contributed by atoms with Gasteiger partial charge in [0.05, 0.1) is 6.54 Å². The van der Waals surface area contributed by atoms with Crippen LogP contribution in [0.1, 0.15) is 27.6 Å². The fourth-order valence-electron chi connectivity index (χ4n) is 2.27. The predicted octanol–water partition coefficient (Wildman–Crippen LogP) is 3.55. The molecule has 3 rings (SSSR count). The van der Waals surface area contributed by atoms with Gasteiger partial charge < -0.3 is 15.2 Å². The second-order valence-electron chi connectivity index (χ2n) is 5.44. The average Bonchev–Trinajstić information content (AvgIpc) is 3.01. The Balaban J connectivity index is 1.70. The molecular weight excluding hydrogens is 304 g/mol. The van der Waals surface area contributed by atoms with Crippen molar-refractivity contribution >= 4 is 17.3 Å². The van der Waals surface area contributed by atoms with Crippen LogP contribution in [0.5, 0.6) is 0 Å². The Morgan fingerprint density at radius 2 is 1.92 bits per heavy atom. The summed E-state index contributed by atoms with van der Waals surface area (Å²) in [5, 5.41) is 9.90. The Labute approximate surface area is 139 Å². The lowest BCUT2D eigenvalue weighted by Gasteiger charge is -2.11. The third-order valence-electron chi connectivity index (χ3n) is 3.53. The largest absolute Gasteiger partial charge is 0.376 e. The summed E-state index contributed by atoms with van der Waals surface area (Å²) in [5.41, 5.74) is 3.30. The van der Waals surface area contributed by atoms with Gasteiger partial charge in [0.15, 0.2) is 5.82 Å². The number of rotatable bonds is 5. The fraction of sp³-hybridized carbons (Fsp3) is 0.167. The number of nitrogens with one attached hydrogen (secondary N) is 2. The van der Waals surface area contributed by atoms with Crippen molar-refractivity contribution in [1.29, 1.82) is 0 Å². The number of carbonyl (C=O) groups is 1. The van der Waals surface area contributed by atoms with Crippen LogP contribution in [0.3, 0.4) is 0 Å². The molecule has 0 aliphatic heterocycles. The Morgan fingerprint density at radius 3 is 2.62 bits per heavy atom. The molecule has 2 N–H and O–H groups in total. The molecule has 0 fully saturated rings. The third kappa shape index (κ3) is 3.78. The molecule has 1 aromatic heterocycles. The van der Waals surface area contributed by atoms with E-state index in [1.807, 2.05) is 43.3 Å². The molecule has 0 unspecified atom stereocenters. The van der Waals surface area contributed by atoms with Crippen molar-refractivity contribution in [3.8, 4) is 0 Å². The highest BCUT2D eigenvalue weighted by molar-refractivity contribution is 6.04. The van der Waals surface area contributed by atoms with Crippen molar-refractivity contribution in [2.24, 2.45) is 0 Å². The molecule has 0 aliphatic carbocycles. The summed E-state index contributed by atoms with van der Waals surface area (Å²) in [7, 11) is 0. The summed E-state index contributed by atoms with van der Waals surface area (Å²) < 4.78 is 5.09. The van der Waals surface area contributed by atoms with E-state index in [9.17, 15) is 4.79 Å². The van der Waals surface area contributed by atoms with Gasteiger partial charge in [0.2, 0.25) is 5.89 Å². The van der Waals surface area contributed by atoms with E-state index in [4.69, 9.17) is 4.52 Å². The highest BCUT2D eigenvalue weighted by atomic mass is 16.5. The SMILES string of the molecule is Cc1noc(CNc2cc(NC(=O)c3ccccc3)ccc2C)n1. The van der Waals surface area contributed by atoms with Crippen LogP contribution < -0.4 is 10.6 Å². The zero-order chi connectivity index (χ0) is 16.9. The molecule has 6 heteroatoms. The minimum absolute atomic E-state index is 0.141. The van der Waals surface area contributed by atoms with Crippen molar-refractivity contribution in [3.63, 3.8) is 0 Å². The summed E-state index contributed by atoms with van der Waals surface area (Å²) in [5.74, 6) is 0.982. The van der Waals surface area contributed by atoms with Gasteiger partial charge in [-0.2, -0.15) is 4.98 Å². The molecule has 2 aromatic carbocycles. The number of amides is 1. The molecule has 1 heterocycles. The van der Waals surface area contributed by atoms with E-state index in [0.717, 1.165) is 16.9 Å². The third-order valence-corrected chi connectivity index (χ3v) is 3.53. The molecule has 24 heavy (non-hydrogen) atoms. The minimum atomic E-state index is -0.141. The van der Waals surface area contributed by atoms with E-state index in [-0.39, 0.29) is 5.91 Å². The van der Waals surface area contributed by atoms with Crippen LogP contribution >= 0.6 is 0 Å². The average molecular weight is 322 g/mol. The summed E-state index contributed by atoms with van der Waals surface area (Å²) >= 11 is 0. The molecule has 0 saturated carbocycles. The van der Waals surface area contributed by atoms with Crippen LogP contribution in [0, 0.1) is 13.8 Å². The van der Waals surface area contributed by atoms with Gasteiger partial charge in [0.1, 0.15) is 0 Å². The number of carbonyl (C=O) groups excluding carboxylic acids is 1. The van der Waals surface area contributed by atoms with Gasteiger partial charge in [-0.1, -0.05) is 29.4 Å². The van der Waals surface area contributed by atoms with Crippen LogP contribution in [0.2, 0.25) is 0 Å². The lowest BCUT2D eigenvalue weighted by molar-refractivity contribution is 0.102. The predicted molar refractivity (Wildman–Crippen MR) is 91.9 cm³/mol. The Kier molecular flexibility index (Phi) is 4.56. The van der Waals surface area contributed by atoms with Gasteiger partial charge in [0, 0.05) is 16.9 Å². The van der Waals surface area contributed by atoms with Crippen LogP contribution in [0.25, 0.3) is 0 Å². The molecule has 122 valence electrons. The lowest BCUT2D eigenvalue weighted by Crippen LogP contribution is -2.12. The molecule has 1 amide bonds. The topological polar surface area (TPSA) is 80.0 Å². The van der Waals surface area contributed by atoms with Gasteiger partial charge in [-0.3, -0.25) is 4.79 Å². The number of benzene rings is 2. The van der Waals surface area contributed by atoms with Crippen molar-refractivity contribution in [1.82, 2.24) is 10.1 Å². The number of aryl methyl sites for hydroxylation is 2. The van der Waals surface area contributed by atoms with Crippen LogP contribution in [-0.4, -0.2) is 16.0 Å². The normalized spacial score (nSPS) is 10.4. The Bertz CT molecular complexity index is 843. The maximum Gasteiger partial charge on any atom is 0.255 e. The van der Waals surface area contributed by atoms with E-state index < -0.39 is 0 Å². The molecule has 6 nitrogen and oxygen atoms in total. The quantitative estimate of drug-likeness (QED) is 0.751. The zero-order valence-corrected chi connectivity index (χ0v) is 13.5. The first-order valence-corrected chi connectivity index (χ1v) is 7.62. The van der Waals surface area contributed by atoms with Gasteiger partial charge in [0.25, 0.3) is 5.91 Å². The first kappa shape index (κ1) is 15.7. The number of hydrogen-bond acceptors (Lipinski definition) is 5. The number of aromatic nitrogens is 2. The van der Waals surface area contributed by atoms with E-state index in [2.05, 4.69) is 20.8 Å². The number of hydrogen-bond donors (Lipinski definition) is 2. The molecule has 3 aromatic rings. The highest BCUT2D eigenvalue weighted by Gasteiger charge is 2.08. The molecular formula is C18H18N4O2. The standard InChI is InChI=1S/C18H18N4O2/c1-12-8-9-15(21-18(23)14-6-4-3-5-7-14)10-16(12)19-11-17-20-13(2)22-24-17/h3-10,19H,11H2,1-2H3,(H,21,23). The van der Waals surface area contributed by atoms with Crippen molar-refractivity contribution in [3.05, 3.63) is 71.4 Å². The summed E-state index contributed by atoms with van der Waals surface area (Å²) in [6.45, 7) is 4.19. The monoisotopic (exact) mass is 322 g/mol. The fourth-order valence-corrected chi connectivity index (χ4v) is 2.27. The van der Waals surface area contributed by atoms with Gasteiger partial charge in [-0.05, 0) is 43.7 Å². The second kappa shape index (κ2) is 6.95. The molecule has 0 saturated heterocycles. The molecule has 0 atom stereocenters. The van der Waals surface area contributed by atoms with Crippen molar-refractivity contribution in [2.75, 3.05) is 10.6 Å². The van der Waals surface area contributed by atoms with E-state index in [0.29, 0.717) is 23.8 Å². The zero-order valence-electron chi connectivity index (χ0n) is 13.5. The molecule has 0 spiro atoms. The lowest BCUT2D eigenvalue weighted by atomic mass is 10.1. The first-order chi connectivity index (χ1) is 11.6. The van der Waals surface area contributed by atoms with Crippen LogP contribution in [0.4, 0.5) is 11.4 Å².